The molecule has 1 fully saturated rings. The summed E-state index contributed by atoms with van der Waals surface area (Å²) >= 11 is 8.07. The minimum atomic E-state index is -1.20. The molecule has 12 heteroatoms. The summed E-state index contributed by atoms with van der Waals surface area (Å²) in [6.45, 7) is 0.846. The van der Waals surface area contributed by atoms with Crippen LogP contribution in [0.15, 0.2) is 0 Å². The van der Waals surface area contributed by atoms with Crippen LogP contribution in [0.4, 0.5) is 0 Å². The first-order valence-corrected chi connectivity index (χ1v) is 10.8. The van der Waals surface area contributed by atoms with Gasteiger partial charge in [0, 0.05) is 18.1 Å². The molecule has 1 aliphatic rings. The van der Waals surface area contributed by atoms with Crippen molar-refractivity contribution in [1.29, 1.82) is 0 Å². The fourth-order valence-electron chi connectivity index (χ4n) is 3.06. The number of nitrogens with zero attached hydrogens (tertiary/aromatic N) is 1. The van der Waals surface area contributed by atoms with Crippen molar-refractivity contribution in [2.75, 3.05) is 24.6 Å². The molecule has 1 heterocycles. The van der Waals surface area contributed by atoms with Gasteiger partial charge in [0.2, 0.25) is 17.7 Å². The van der Waals surface area contributed by atoms with E-state index in [1.54, 1.807) is 0 Å². The summed E-state index contributed by atoms with van der Waals surface area (Å²) in [5.74, 6) is -2.69. The summed E-state index contributed by atoms with van der Waals surface area (Å²) in [6.07, 6.45) is 2.90. The highest BCUT2D eigenvalue weighted by atomic mass is 32.1. The largest absolute Gasteiger partial charge is 0.480 e. The normalized spacial score (nSPS) is 19.3. The lowest BCUT2D eigenvalue weighted by Crippen LogP contribution is -2.57. The quantitative estimate of drug-likeness (QED) is 0.138. The molecule has 7 N–H and O–H groups in total. The second-order valence-corrected chi connectivity index (χ2v) is 7.64. The van der Waals surface area contributed by atoms with E-state index >= 15 is 0 Å². The molecular weight excluding hydrogens is 418 g/mol. The van der Waals surface area contributed by atoms with E-state index in [9.17, 15) is 19.2 Å². The highest BCUT2D eigenvalue weighted by molar-refractivity contribution is 7.80. The number of nitrogens with two attached hydrogens (primary N) is 2. The molecule has 0 aromatic rings. The van der Waals surface area contributed by atoms with Gasteiger partial charge in [0.05, 0.1) is 6.04 Å². The Bertz CT molecular complexity index is 595. The third kappa shape index (κ3) is 7.68. The molecule has 0 spiro atoms. The van der Waals surface area contributed by atoms with E-state index in [2.05, 4.69) is 35.9 Å². The molecule has 0 saturated carbocycles. The number of carboxylic acids is 1. The second-order valence-electron chi connectivity index (χ2n) is 6.91. The predicted molar refractivity (Wildman–Crippen MR) is 115 cm³/mol. The van der Waals surface area contributed by atoms with Crippen molar-refractivity contribution in [2.45, 2.75) is 56.3 Å². The van der Waals surface area contributed by atoms with Crippen LogP contribution < -0.4 is 22.1 Å². The van der Waals surface area contributed by atoms with Crippen molar-refractivity contribution in [3.05, 3.63) is 0 Å². The molecule has 10 nitrogen and oxygen atoms in total. The fraction of sp³-hybridized carbons (Fsp3) is 0.765. The van der Waals surface area contributed by atoms with Gasteiger partial charge in [0.25, 0.3) is 0 Å². The van der Waals surface area contributed by atoms with Crippen LogP contribution in [0.25, 0.3) is 0 Å². The molecule has 29 heavy (non-hydrogen) atoms. The Balaban J connectivity index is 2.73. The van der Waals surface area contributed by atoms with E-state index in [1.165, 1.54) is 4.90 Å². The zero-order valence-corrected chi connectivity index (χ0v) is 18.0. The number of hydrogen-bond acceptors (Lipinski definition) is 8. The molecule has 0 aromatic heterocycles. The molecule has 1 rings (SSSR count). The maximum atomic E-state index is 12.9. The Kier molecular flexibility index (Phi) is 11.4. The number of carbonyl (C=O) groups is 4. The van der Waals surface area contributed by atoms with Gasteiger partial charge in [0.15, 0.2) is 0 Å². The third-order valence-corrected chi connectivity index (χ3v) is 5.47. The van der Waals surface area contributed by atoms with Crippen LogP contribution in [0.5, 0.6) is 0 Å². The van der Waals surface area contributed by atoms with E-state index in [-0.39, 0.29) is 11.5 Å². The average molecular weight is 450 g/mol. The summed E-state index contributed by atoms with van der Waals surface area (Å²) < 4.78 is 0. The minimum absolute atomic E-state index is 0.0410. The molecule has 0 aliphatic carbocycles. The van der Waals surface area contributed by atoms with E-state index in [4.69, 9.17) is 16.6 Å². The number of rotatable bonds is 12. The molecule has 1 aliphatic heterocycles. The van der Waals surface area contributed by atoms with Crippen molar-refractivity contribution in [1.82, 2.24) is 15.5 Å². The van der Waals surface area contributed by atoms with Gasteiger partial charge in [-0.1, -0.05) is 6.42 Å². The first-order chi connectivity index (χ1) is 13.8. The number of aliphatic carboxylic acids is 1. The van der Waals surface area contributed by atoms with E-state index in [0.29, 0.717) is 38.8 Å². The van der Waals surface area contributed by atoms with Gasteiger partial charge in [-0.15, -0.1) is 0 Å². The number of nitrogens with one attached hydrogen (secondary N) is 2. The number of amides is 3. The lowest BCUT2D eigenvalue weighted by Gasteiger charge is -2.29. The molecule has 0 aromatic carbocycles. The SMILES string of the molecule is NCCCCC(N)C(=O)NC(CS)C(=O)N1CCCC1C(=O)NC(CS)C(=O)O. The Morgan fingerprint density at radius 2 is 1.76 bits per heavy atom. The number of thiol groups is 2. The van der Waals surface area contributed by atoms with Gasteiger partial charge in [-0.2, -0.15) is 25.3 Å². The lowest BCUT2D eigenvalue weighted by molar-refractivity contribution is -0.144. The third-order valence-electron chi connectivity index (χ3n) is 4.74. The van der Waals surface area contributed by atoms with Crippen LogP contribution in [0.1, 0.15) is 32.1 Å². The average Bonchev–Trinajstić information content (AvgIpc) is 3.19. The molecule has 166 valence electrons. The number of carboxylic acid groups (broad SMARTS) is 1. The summed E-state index contributed by atoms with van der Waals surface area (Å²) in [4.78, 5) is 50.1. The Hall–Kier alpha value is -1.50. The van der Waals surface area contributed by atoms with Crippen molar-refractivity contribution < 1.29 is 24.3 Å². The number of carbonyl (C=O) groups excluding carboxylic acids is 3. The molecular formula is C17H31N5O5S2. The first kappa shape index (κ1) is 25.5. The maximum absolute atomic E-state index is 12.9. The van der Waals surface area contributed by atoms with Gasteiger partial charge >= 0.3 is 5.97 Å². The Morgan fingerprint density at radius 1 is 1.10 bits per heavy atom. The maximum Gasteiger partial charge on any atom is 0.327 e. The van der Waals surface area contributed by atoms with Crippen LogP contribution in [0.2, 0.25) is 0 Å². The van der Waals surface area contributed by atoms with Crippen LogP contribution in [-0.4, -0.2) is 82.5 Å². The van der Waals surface area contributed by atoms with Crippen LogP contribution in [0, 0.1) is 0 Å². The van der Waals surface area contributed by atoms with Crippen molar-refractivity contribution in [3.63, 3.8) is 0 Å². The highest BCUT2D eigenvalue weighted by Gasteiger charge is 2.38. The Morgan fingerprint density at radius 3 is 2.31 bits per heavy atom. The van der Waals surface area contributed by atoms with Crippen LogP contribution in [0.3, 0.4) is 0 Å². The van der Waals surface area contributed by atoms with E-state index in [0.717, 1.165) is 6.42 Å². The molecule has 1 saturated heterocycles. The summed E-state index contributed by atoms with van der Waals surface area (Å²) in [5.41, 5.74) is 11.3. The minimum Gasteiger partial charge on any atom is -0.480 e. The van der Waals surface area contributed by atoms with Crippen LogP contribution in [-0.2, 0) is 19.2 Å². The van der Waals surface area contributed by atoms with Crippen molar-refractivity contribution in [2.24, 2.45) is 11.5 Å². The van der Waals surface area contributed by atoms with E-state index < -0.39 is 47.9 Å². The van der Waals surface area contributed by atoms with Crippen molar-refractivity contribution in [3.8, 4) is 0 Å². The second kappa shape index (κ2) is 12.9. The molecule has 0 radical (unpaired) electrons. The predicted octanol–water partition coefficient (Wildman–Crippen LogP) is -1.65. The summed E-state index contributed by atoms with van der Waals surface area (Å²) in [7, 11) is 0. The number of unbranched alkanes of at least 4 members (excludes halogenated alkanes) is 1. The van der Waals surface area contributed by atoms with Gasteiger partial charge in [-0.3, -0.25) is 14.4 Å². The summed E-state index contributed by atoms with van der Waals surface area (Å²) in [6, 6.07) is -3.64. The van der Waals surface area contributed by atoms with E-state index in [1.807, 2.05) is 0 Å². The van der Waals surface area contributed by atoms with Gasteiger partial charge < -0.3 is 32.1 Å². The first-order valence-electron chi connectivity index (χ1n) is 9.58. The lowest BCUT2D eigenvalue weighted by atomic mass is 10.1. The number of hydrogen-bond donors (Lipinski definition) is 7. The Labute approximate surface area is 181 Å². The monoisotopic (exact) mass is 449 g/mol. The van der Waals surface area contributed by atoms with Gasteiger partial charge in [0.1, 0.15) is 18.1 Å². The molecule has 0 bridgehead atoms. The standard InChI is InChI=1S/C17H31N5O5S2/c18-6-2-1-4-10(19)14(23)20-11(8-28)16(25)22-7-3-5-13(22)15(24)21-12(9-29)17(26)27/h10-13,28-29H,1-9,18-19H2,(H,20,23)(H,21,24)(H,26,27). The van der Waals surface area contributed by atoms with Gasteiger partial charge in [-0.05, 0) is 32.2 Å². The fourth-order valence-corrected chi connectivity index (χ4v) is 3.56. The molecule has 4 atom stereocenters. The zero-order chi connectivity index (χ0) is 22.0. The van der Waals surface area contributed by atoms with Crippen molar-refractivity contribution >= 4 is 48.9 Å². The van der Waals surface area contributed by atoms with Gasteiger partial charge in [-0.25, -0.2) is 4.79 Å². The van der Waals surface area contributed by atoms with Crippen LogP contribution >= 0.6 is 25.3 Å². The molecule has 4 unspecified atom stereocenters. The smallest absolute Gasteiger partial charge is 0.327 e. The topological polar surface area (TPSA) is 168 Å². The highest BCUT2D eigenvalue weighted by Crippen LogP contribution is 2.19. The number of likely N-dealkylation sites (tertiary alicyclic amines) is 1. The zero-order valence-electron chi connectivity index (χ0n) is 16.2. The molecule has 3 amide bonds. The summed E-state index contributed by atoms with van der Waals surface area (Å²) in [5, 5.41) is 14.1.